The molecule has 0 aliphatic carbocycles. The lowest BCUT2D eigenvalue weighted by atomic mass is 9.95. The van der Waals surface area contributed by atoms with Crippen LogP contribution in [0.5, 0.6) is 0 Å². The largest absolute Gasteiger partial charge is 0.377 e. The van der Waals surface area contributed by atoms with Crippen molar-refractivity contribution in [3.63, 3.8) is 0 Å². The van der Waals surface area contributed by atoms with Crippen molar-refractivity contribution < 1.29 is 4.74 Å². The van der Waals surface area contributed by atoms with Crippen LogP contribution in [0.1, 0.15) is 25.3 Å². The molecule has 2 nitrogen and oxygen atoms in total. The van der Waals surface area contributed by atoms with Gasteiger partial charge in [0.2, 0.25) is 0 Å². The van der Waals surface area contributed by atoms with E-state index in [0.717, 1.165) is 19.6 Å². The first kappa shape index (κ1) is 13.6. The zero-order chi connectivity index (χ0) is 13.8. The molecule has 0 spiro atoms. The third kappa shape index (κ3) is 2.87. The number of ether oxygens (including phenoxy) is 1. The summed E-state index contributed by atoms with van der Waals surface area (Å²) in [6.07, 6.45) is 3.79. The van der Waals surface area contributed by atoms with Crippen LogP contribution in [0.2, 0.25) is 0 Å². The normalized spacial score (nSPS) is 20.4. The van der Waals surface area contributed by atoms with E-state index < -0.39 is 0 Å². The molecule has 0 aromatic heterocycles. The fourth-order valence-electron chi connectivity index (χ4n) is 3.22. The molecule has 2 aromatic rings. The molecule has 1 aliphatic heterocycles. The van der Waals surface area contributed by atoms with E-state index in [-0.39, 0.29) is 0 Å². The molecule has 1 heterocycles. The van der Waals surface area contributed by atoms with Gasteiger partial charge in [-0.2, -0.15) is 0 Å². The Kier molecular flexibility index (Phi) is 4.34. The van der Waals surface area contributed by atoms with Crippen molar-refractivity contribution in [3.05, 3.63) is 48.0 Å². The van der Waals surface area contributed by atoms with E-state index in [9.17, 15) is 0 Å². The summed E-state index contributed by atoms with van der Waals surface area (Å²) in [5, 5.41) is 6.31. The molecule has 0 amide bonds. The number of rotatable bonds is 5. The zero-order valence-corrected chi connectivity index (χ0v) is 12.1. The van der Waals surface area contributed by atoms with Crippen LogP contribution in [0.3, 0.4) is 0 Å². The number of fused-ring (bicyclic) bond motifs is 1. The van der Waals surface area contributed by atoms with Gasteiger partial charge in [-0.05, 0) is 42.1 Å². The maximum Gasteiger partial charge on any atom is 0.0732 e. The summed E-state index contributed by atoms with van der Waals surface area (Å²) in [5.74, 6) is 0. The van der Waals surface area contributed by atoms with Gasteiger partial charge in [0, 0.05) is 12.6 Å². The molecule has 0 radical (unpaired) electrons. The SMILES string of the molecule is CCNC(Cc1cccc2ccccc12)C1CCCO1. The highest BCUT2D eigenvalue weighted by Crippen LogP contribution is 2.23. The van der Waals surface area contributed by atoms with Gasteiger partial charge in [0.25, 0.3) is 0 Å². The van der Waals surface area contributed by atoms with Crippen LogP contribution in [-0.2, 0) is 11.2 Å². The first-order chi connectivity index (χ1) is 9.88. The summed E-state index contributed by atoms with van der Waals surface area (Å²) in [4.78, 5) is 0. The topological polar surface area (TPSA) is 21.3 Å². The molecule has 2 heteroatoms. The van der Waals surface area contributed by atoms with Crippen LogP contribution in [0.4, 0.5) is 0 Å². The van der Waals surface area contributed by atoms with Crippen LogP contribution in [0.15, 0.2) is 42.5 Å². The van der Waals surface area contributed by atoms with Crippen molar-refractivity contribution in [1.29, 1.82) is 0 Å². The van der Waals surface area contributed by atoms with E-state index >= 15 is 0 Å². The van der Waals surface area contributed by atoms with Crippen molar-refractivity contribution >= 4 is 10.8 Å². The predicted molar refractivity (Wildman–Crippen MR) is 84.1 cm³/mol. The number of hydrogen-bond donors (Lipinski definition) is 1. The smallest absolute Gasteiger partial charge is 0.0732 e. The molecule has 1 saturated heterocycles. The second kappa shape index (κ2) is 6.38. The first-order valence-corrected chi connectivity index (χ1v) is 7.70. The van der Waals surface area contributed by atoms with E-state index in [1.54, 1.807) is 0 Å². The van der Waals surface area contributed by atoms with E-state index in [2.05, 4.69) is 54.7 Å². The highest BCUT2D eigenvalue weighted by atomic mass is 16.5. The monoisotopic (exact) mass is 269 g/mol. The van der Waals surface area contributed by atoms with Crippen molar-refractivity contribution in [1.82, 2.24) is 5.32 Å². The minimum atomic E-state index is 0.369. The van der Waals surface area contributed by atoms with Gasteiger partial charge < -0.3 is 10.1 Å². The summed E-state index contributed by atoms with van der Waals surface area (Å²) in [5.41, 5.74) is 1.42. The Morgan fingerprint density at radius 1 is 1.20 bits per heavy atom. The summed E-state index contributed by atoms with van der Waals surface area (Å²) in [6.45, 7) is 4.09. The highest BCUT2D eigenvalue weighted by Gasteiger charge is 2.25. The Morgan fingerprint density at radius 2 is 2.05 bits per heavy atom. The lowest BCUT2D eigenvalue weighted by Gasteiger charge is -2.24. The lowest BCUT2D eigenvalue weighted by molar-refractivity contribution is 0.0790. The second-order valence-electron chi connectivity index (χ2n) is 5.56. The molecule has 0 bridgehead atoms. The van der Waals surface area contributed by atoms with Crippen molar-refractivity contribution in [2.24, 2.45) is 0 Å². The molecule has 20 heavy (non-hydrogen) atoms. The fourth-order valence-corrected chi connectivity index (χ4v) is 3.22. The second-order valence-corrected chi connectivity index (χ2v) is 5.56. The number of hydrogen-bond acceptors (Lipinski definition) is 2. The Balaban J connectivity index is 1.86. The number of benzene rings is 2. The van der Waals surface area contributed by atoms with Crippen molar-refractivity contribution in [3.8, 4) is 0 Å². The Hall–Kier alpha value is -1.38. The molecular formula is C18H23NO. The maximum atomic E-state index is 5.89. The van der Waals surface area contributed by atoms with Gasteiger partial charge in [-0.25, -0.2) is 0 Å². The minimum Gasteiger partial charge on any atom is -0.377 e. The maximum absolute atomic E-state index is 5.89. The van der Waals surface area contributed by atoms with Crippen molar-refractivity contribution in [2.75, 3.05) is 13.2 Å². The van der Waals surface area contributed by atoms with E-state index in [0.29, 0.717) is 12.1 Å². The van der Waals surface area contributed by atoms with Gasteiger partial charge in [0.1, 0.15) is 0 Å². The molecule has 1 N–H and O–H groups in total. The molecule has 2 atom stereocenters. The Labute approximate surface area is 121 Å². The van der Waals surface area contributed by atoms with E-state index in [1.165, 1.54) is 29.2 Å². The molecule has 1 fully saturated rings. The third-order valence-electron chi connectivity index (χ3n) is 4.20. The van der Waals surface area contributed by atoms with Crippen LogP contribution in [-0.4, -0.2) is 25.3 Å². The molecule has 3 rings (SSSR count). The molecule has 1 aliphatic rings. The van der Waals surface area contributed by atoms with Gasteiger partial charge in [-0.3, -0.25) is 0 Å². The van der Waals surface area contributed by atoms with Crippen LogP contribution in [0.25, 0.3) is 10.8 Å². The summed E-state index contributed by atoms with van der Waals surface area (Å²) < 4.78 is 5.89. The van der Waals surface area contributed by atoms with Gasteiger partial charge in [0.05, 0.1) is 6.10 Å². The fraction of sp³-hybridized carbons (Fsp3) is 0.444. The molecule has 106 valence electrons. The molecule has 0 saturated carbocycles. The van der Waals surface area contributed by atoms with E-state index in [1.807, 2.05) is 0 Å². The molecule has 2 aromatic carbocycles. The van der Waals surface area contributed by atoms with Gasteiger partial charge in [0.15, 0.2) is 0 Å². The number of nitrogens with one attached hydrogen (secondary N) is 1. The van der Waals surface area contributed by atoms with Gasteiger partial charge in [-0.15, -0.1) is 0 Å². The third-order valence-corrected chi connectivity index (χ3v) is 4.20. The average Bonchev–Trinajstić information content (AvgIpc) is 3.01. The van der Waals surface area contributed by atoms with Crippen LogP contribution < -0.4 is 5.32 Å². The van der Waals surface area contributed by atoms with Crippen molar-refractivity contribution in [2.45, 2.75) is 38.3 Å². The summed E-state index contributed by atoms with van der Waals surface area (Å²) >= 11 is 0. The van der Waals surface area contributed by atoms with Gasteiger partial charge >= 0.3 is 0 Å². The minimum absolute atomic E-state index is 0.369. The first-order valence-electron chi connectivity index (χ1n) is 7.70. The lowest BCUT2D eigenvalue weighted by Crippen LogP contribution is -2.41. The van der Waals surface area contributed by atoms with Crippen LogP contribution >= 0.6 is 0 Å². The molecule has 2 unspecified atom stereocenters. The Morgan fingerprint density at radius 3 is 2.85 bits per heavy atom. The number of likely N-dealkylation sites (N-methyl/N-ethyl adjacent to an activating group) is 1. The van der Waals surface area contributed by atoms with Gasteiger partial charge in [-0.1, -0.05) is 49.4 Å². The van der Waals surface area contributed by atoms with E-state index in [4.69, 9.17) is 4.74 Å². The quantitative estimate of drug-likeness (QED) is 0.896. The Bertz CT molecular complexity index is 555. The zero-order valence-electron chi connectivity index (χ0n) is 12.1. The standard InChI is InChI=1S/C18H23NO/c1-2-19-17(18-11-6-12-20-18)13-15-9-5-8-14-7-3-4-10-16(14)15/h3-5,7-10,17-19H,2,6,11-13H2,1H3. The predicted octanol–water partition coefficient (Wildman–Crippen LogP) is 3.54. The highest BCUT2D eigenvalue weighted by molar-refractivity contribution is 5.85. The average molecular weight is 269 g/mol. The summed E-state index contributed by atoms with van der Waals surface area (Å²) in [7, 11) is 0. The molecular weight excluding hydrogens is 246 g/mol. The van der Waals surface area contributed by atoms with Crippen LogP contribution in [0, 0.1) is 0 Å². The summed E-state index contributed by atoms with van der Waals surface area (Å²) in [6, 6.07) is 15.7.